The second-order valence-corrected chi connectivity index (χ2v) is 5.04. The molecular formula is C15H24O4. The molecule has 1 aliphatic rings. The van der Waals surface area contributed by atoms with E-state index in [-0.39, 0.29) is 29.9 Å². The van der Waals surface area contributed by atoms with Crippen molar-refractivity contribution < 1.29 is 19.1 Å². The van der Waals surface area contributed by atoms with Gasteiger partial charge >= 0.3 is 11.9 Å². The molecule has 1 rings (SSSR count). The van der Waals surface area contributed by atoms with Gasteiger partial charge in [0, 0.05) is 19.3 Å². The Morgan fingerprint density at radius 1 is 1.26 bits per heavy atom. The van der Waals surface area contributed by atoms with Crippen LogP contribution in [0.4, 0.5) is 0 Å². The van der Waals surface area contributed by atoms with Crippen molar-refractivity contribution in [3.8, 4) is 0 Å². The topological polar surface area (TPSA) is 52.6 Å². The third-order valence-electron chi connectivity index (χ3n) is 3.69. The quantitative estimate of drug-likeness (QED) is 0.549. The maximum atomic E-state index is 11.4. The molecule has 4 heteroatoms. The second-order valence-electron chi connectivity index (χ2n) is 5.04. The Kier molecular flexibility index (Phi) is 6.60. The molecule has 0 aromatic rings. The van der Waals surface area contributed by atoms with Crippen LogP contribution in [0.3, 0.4) is 0 Å². The van der Waals surface area contributed by atoms with Crippen molar-refractivity contribution in [1.82, 2.24) is 0 Å². The Morgan fingerprint density at radius 2 is 2.00 bits per heavy atom. The van der Waals surface area contributed by atoms with Crippen LogP contribution in [-0.4, -0.2) is 25.2 Å². The third-order valence-corrected chi connectivity index (χ3v) is 3.69. The Bertz CT molecular complexity index is 335. The fraction of sp³-hybridized carbons (Fsp3) is 0.733. The van der Waals surface area contributed by atoms with E-state index in [1.807, 2.05) is 0 Å². The van der Waals surface area contributed by atoms with Gasteiger partial charge in [-0.25, -0.2) is 0 Å². The van der Waals surface area contributed by atoms with Gasteiger partial charge in [0.05, 0.1) is 7.11 Å². The van der Waals surface area contributed by atoms with Crippen molar-refractivity contribution in [3.63, 3.8) is 0 Å². The van der Waals surface area contributed by atoms with E-state index in [4.69, 9.17) is 9.47 Å². The molecule has 19 heavy (non-hydrogen) atoms. The number of hydrogen-bond acceptors (Lipinski definition) is 4. The summed E-state index contributed by atoms with van der Waals surface area (Å²) in [4.78, 5) is 22.6. The molecule has 0 bridgehead atoms. The van der Waals surface area contributed by atoms with Crippen LogP contribution in [0, 0.1) is 11.8 Å². The molecule has 0 amide bonds. The lowest BCUT2D eigenvalue weighted by Gasteiger charge is -2.22. The lowest BCUT2D eigenvalue weighted by Crippen LogP contribution is -2.25. The van der Waals surface area contributed by atoms with Crippen LogP contribution in [0.5, 0.6) is 0 Å². The van der Waals surface area contributed by atoms with Gasteiger partial charge in [-0.05, 0) is 31.6 Å². The summed E-state index contributed by atoms with van der Waals surface area (Å²) in [6.07, 6.45) is 8.19. The molecule has 0 N–H and O–H groups in total. The van der Waals surface area contributed by atoms with Crippen molar-refractivity contribution in [2.75, 3.05) is 7.11 Å². The Labute approximate surface area is 115 Å². The van der Waals surface area contributed by atoms with Crippen molar-refractivity contribution >= 4 is 11.9 Å². The zero-order valence-corrected chi connectivity index (χ0v) is 12.1. The van der Waals surface area contributed by atoms with Gasteiger partial charge in [0.2, 0.25) is 0 Å². The van der Waals surface area contributed by atoms with Gasteiger partial charge < -0.3 is 9.47 Å². The molecule has 0 aromatic carbocycles. The minimum atomic E-state index is -0.242. The summed E-state index contributed by atoms with van der Waals surface area (Å²) in [7, 11) is 1.41. The van der Waals surface area contributed by atoms with Gasteiger partial charge in [0.15, 0.2) is 0 Å². The summed E-state index contributed by atoms with van der Waals surface area (Å²) < 4.78 is 10.1. The molecule has 3 atom stereocenters. The number of allylic oxidation sites excluding steroid dienone is 2. The second kappa shape index (κ2) is 7.97. The molecule has 0 saturated heterocycles. The van der Waals surface area contributed by atoms with Gasteiger partial charge in [-0.1, -0.05) is 19.1 Å². The summed E-state index contributed by atoms with van der Waals surface area (Å²) in [5.74, 6) is 0.0511. The van der Waals surface area contributed by atoms with Gasteiger partial charge in [-0.2, -0.15) is 0 Å². The normalized spacial score (nSPS) is 26.6. The van der Waals surface area contributed by atoms with E-state index >= 15 is 0 Å². The predicted octanol–water partition coefficient (Wildman–Crippen LogP) is 2.86. The number of carbonyl (C=O) groups is 2. The zero-order chi connectivity index (χ0) is 14.3. The van der Waals surface area contributed by atoms with Crippen LogP contribution in [-0.2, 0) is 19.1 Å². The van der Waals surface area contributed by atoms with Crippen LogP contribution in [0.1, 0.15) is 46.0 Å². The number of rotatable bonds is 6. The van der Waals surface area contributed by atoms with Crippen LogP contribution >= 0.6 is 0 Å². The highest BCUT2D eigenvalue weighted by atomic mass is 16.5. The van der Waals surface area contributed by atoms with Crippen LogP contribution in [0.25, 0.3) is 0 Å². The van der Waals surface area contributed by atoms with Crippen molar-refractivity contribution in [2.45, 2.75) is 52.1 Å². The molecule has 1 saturated carbocycles. The van der Waals surface area contributed by atoms with Crippen molar-refractivity contribution in [3.05, 3.63) is 12.2 Å². The third kappa shape index (κ3) is 5.05. The lowest BCUT2D eigenvalue weighted by atomic mass is 9.89. The molecule has 0 heterocycles. The standard InChI is InChI=1S/C15H24O4/c1-4-5-6-7-13-12(10-15(17)18-3)8-9-14(13)19-11(2)16/h5-6,12-14H,4,7-10H2,1-3H3/b6-5-/t12-,13-,14-/m1/s1. The van der Waals surface area contributed by atoms with E-state index < -0.39 is 0 Å². The highest BCUT2D eigenvalue weighted by Crippen LogP contribution is 2.39. The van der Waals surface area contributed by atoms with E-state index in [0.717, 1.165) is 25.7 Å². The monoisotopic (exact) mass is 268 g/mol. The minimum Gasteiger partial charge on any atom is -0.469 e. The summed E-state index contributed by atoms with van der Waals surface area (Å²) in [6.45, 7) is 3.52. The number of ether oxygens (including phenoxy) is 2. The molecular weight excluding hydrogens is 244 g/mol. The van der Waals surface area contributed by atoms with E-state index in [2.05, 4.69) is 19.1 Å². The number of methoxy groups -OCH3 is 1. The largest absolute Gasteiger partial charge is 0.469 e. The molecule has 0 aromatic heterocycles. The molecule has 1 aliphatic carbocycles. The minimum absolute atomic E-state index is 0.0614. The molecule has 0 radical (unpaired) electrons. The molecule has 0 spiro atoms. The van der Waals surface area contributed by atoms with E-state index in [9.17, 15) is 9.59 Å². The van der Waals surface area contributed by atoms with E-state index in [1.54, 1.807) is 0 Å². The summed E-state index contributed by atoms with van der Waals surface area (Å²) in [5.41, 5.74) is 0. The maximum Gasteiger partial charge on any atom is 0.305 e. The number of esters is 2. The smallest absolute Gasteiger partial charge is 0.305 e. The van der Waals surface area contributed by atoms with Gasteiger partial charge in [0.25, 0.3) is 0 Å². The van der Waals surface area contributed by atoms with Gasteiger partial charge in [-0.3, -0.25) is 9.59 Å². The van der Waals surface area contributed by atoms with Crippen LogP contribution in [0.15, 0.2) is 12.2 Å². The molecule has 0 unspecified atom stereocenters. The number of hydrogen-bond donors (Lipinski definition) is 0. The summed E-state index contributed by atoms with van der Waals surface area (Å²) in [6, 6.07) is 0. The average Bonchev–Trinajstić information content (AvgIpc) is 2.72. The lowest BCUT2D eigenvalue weighted by molar-refractivity contribution is -0.148. The first-order valence-corrected chi connectivity index (χ1v) is 6.97. The average molecular weight is 268 g/mol. The molecule has 4 nitrogen and oxygen atoms in total. The highest BCUT2D eigenvalue weighted by Gasteiger charge is 2.38. The van der Waals surface area contributed by atoms with Gasteiger partial charge in [-0.15, -0.1) is 0 Å². The first-order valence-electron chi connectivity index (χ1n) is 6.97. The summed E-state index contributed by atoms with van der Waals surface area (Å²) >= 11 is 0. The Morgan fingerprint density at radius 3 is 2.58 bits per heavy atom. The SMILES string of the molecule is CC/C=C\C[C@@H]1[C@@H](CC(=O)OC)CC[C@H]1OC(C)=O. The van der Waals surface area contributed by atoms with Crippen LogP contribution < -0.4 is 0 Å². The van der Waals surface area contributed by atoms with E-state index in [0.29, 0.717) is 6.42 Å². The molecule has 108 valence electrons. The van der Waals surface area contributed by atoms with Gasteiger partial charge in [0.1, 0.15) is 6.10 Å². The fourth-order valence-electron chi connectivity index (χ4n) is 2.78. The van der Waals surface area contributed by atoms with E-state index in [1.165, 1.54) is 14.0 Å². The highest BCUT2D eigenvalue weighted by molar-refractivity contribution is 5.69. The molecule has 1 fully saturated rings. The first-order chi connectivity index (χ1) is 9.08. The Balaban J connectivity index is 2.65. The predicted molar refractivity (Wildman–Crippen MR) is 72.4 cm³/mol. The maximum absolute atomic E-state index is 11.4. The van der Waals surface area contributed by atoms with Crippen LogP contribution in [0.2, 0.25) is 0 Å². The zero-order valence-electron chi connectivity index (χ0n) is 12.1. The van der Waals surface area contributed by atoms with Crippen molar-refractivity contribution in [2.24, 2.45) is 11.8 Å². The number of carbonyl (C=O) groups excluding carboxylic acids is 2. The summed E-state index contributed by atoms with van der Waals surface area (Å²) in [5, 5.41) is 0. The van der Waals surface area contributed by atoms with Crippen molar-refractivity contribution in [1.29, 1.82) is 0 Å². The Hall–Kier alpha value is -1.32. The first kappa shape index (κ1) is 15.7. The fourth-order valence-corrected chi connectivity index (χ4v) is 2.78. The molecule has 0 aliphatic heterocycles.